The number of hydrogen-bond acceptors (Lipinski definition) is 5. The molecule has 0 aliphatic heterocycles. The number of aromatic nitrogens is 2. The van der Waals surface area contributed by atoms with Crippen molar-refractivity contribution >= 4 is 16.6 Å². The highest BCUT2D eigenvalue weighted by molar-refractivity contribution is 5.92. The van der Waals surface area contributed by atoms with Gasteiger partial charge >= 0.3 is 0 Å². The number of pyridine rings is 1. The maximum absolute atomic E-state index is 9.52. The zero-order valence-corrected chi connectivity index (χ0v) is 9.50. The molecule has 0 amide bonds. The van der Waals surface area contributed by atoms with Crippen LogP contribution in [-0.4, -0.2) is 15.2 Å². The molecule has 1 aromatic carbocycles. The van der Waals surface area contributed by atoms with Crippen molar-refractivity contribution in [2.45, 2.75) is 6.54 Å². The first-order valence-corrected chi connectivity index (χ1v) is 5.54. The lowest BCUT2D eigenvalue weighted by atomic mass is 10.1. The number of rotatable bonds is 3. The van der Waals surface area contributed by atoms with Gasteiger partial charge in [-0.15, -0.1) is 0 Å². The molecule has 0 aliphatic carbocycles. The second kappa shape index (κ2) is 4.37. The topological polar surface area (TPSA) is 71.2 Å². The maximum Gasteiger partial charge on any atom is 0.134 e. The first kappa shape index (κ1) is 10.6. The number of aromatic hydroxyl groups is 1. The summed E-state index contributed by atoms with van der Waals surface area (Å²) >= 11 is 0. The van der Waals surface area contributed by atoms with E-state index in [9.17, 15) is 5.11 Å². The summed E-state index contributed by atoms with van der Waals surface area (Å²) in [7, 11) is 0. The summed E-state index contributed by atoms with van der Waals surface area (Å²) in [4.78, 5) is 4.27. The number of benzene rings is 1. The molecule has 0 bridgehead atoms. The Morgan fingerprint density at radius 3 is 3.00 bits per heavy atom. The zero-order valence-electron chi connectivity index (χ0n) is 9.50. The van der Waals surface area contributed by atoms with E-state index in [4.69, 9.17) is 4.52 Å². The molecule has 0 saturated carbocycles. The van der Waals surface area contributed by atoms with Gasteiger partial charge in [0.1, 0.15) is 23.5 Å². The van der Waals surface area contributed by atoms with Crippen LogP contribution in [0.1, 0.15) is 5.69 Å². The van der Waals surface area contributed by atoms with Crippen LogP contribution in [0.25, 0.3) is 10.8 Å². The van der Waals surface area contributed by atoms with Crippen molar-refractivity contribution in [1.29, 1.82) is 0 Å². The van der Waals surface area contributed by atoms with Crippen LogP contribution in [0.15, 0.2) is 47.3 Å². The molecule has 2 N–H and O–H groups in total. The molecule has 2 heterocycles. The molecule has 0 atom stereocenters. The Morgan fingerprint density at radius 2 is 2.17 bits per heavy atom. The van der Waals surface area contributed by atoms with Gasteiger partial charge in [0.2, 0.25) is 0 Å². The van der Waals surface area contributed by atoms with Crippen LogP contribution in [0.3, 0.4) is 0 Å². The van der Waals surface area contributed by atoms with E-state index in [1.165, 1.54) is 6.26 Å². The predicted molar refractivity (Wildman–Crippen MR) is 67.2 cm³/mol. The zero-order chi connectivity index (χ0) is 12.4. The fourth-order valence-corrected chi connectivity index (χ4v) is 1.80. The molecule has 90 valence electrons. The van der Waals surface area contributed by atoms with Crippen LogP contribution in [-0.2, 0) is 6.54 Å². The number of nitrogens with zero attached hydrogens (tertiary/aromatic N) is 2. The van der Waals surface area contributed by atoms with E-state index in [1.54, 1.807) is 24.4 Å². The van der Waals surface area contributed by atoms with Gasteiger partial charge in [-0.25, -0.2) is 4.98 Å². The molecule has 2 aromatic heterocycles. The molecule has 3 aromatic rings. The van der Waals surface area contributed by atoms with E-state index in [0.29, 0.717) is 12.4 Å². The monoisotopic (exact) mass is 241 g/mol. The van der Waals surface area contributed by atoms with Gasteiger partial charge < -0.3 is 14.9 Å². The van der Waals surface area contributed by atoms with E-state index >= 15 is 0 Å². The quantitative estimate of drug-likeness (QED) is 0.737. The molecule has 0 aliphatic rings. The van der Waals surface area contributed by atoms with Crippen LogP contribution in [0.4, 0.5) is 5.82 Å². The third-order valence-corrected chi connectivity index (χ3v) is 2.68. The molecule has 18 heavy (non-hydrogen) atoms. The third kappa shape index (κ3) is 1.98. The summed E-state index contributed by atoms with van der Waals surface area (Å²) in [5, 5.41) is 18.4. The van der Waals surface area contributed by atoms with Crippen molar-refractivity contribution in [2.75, 3.05) is 5.32 Å². The van der Waals surface area contributed by atoms with Crippen molar-refractivity contribution < 1.29 is 9.63 Å². The summed E-state index contributed by atoms with van der Waals surface area (Å²) in [5.41, 5.74) is 0.800. The molecule has 5 heteroatoms. The van der Waals surface area contributed by atoms with E-state index in [0.717, 1.165) is 16.5 Å². The van der Waals surface area contributed by atoms with Crippen LogP contribution in [0, 0.1) is 0 Å². The normalized spacial score (nSPS) is 10.7. The molecule has 0 fully saturated rings. The van der Waals surface area contributed by atoms with E-state index < -0.39 is 0 Å². The van der Waals surface area contributed by atoms with Gasteiger partial charge in [-0.3, -0.25) is 0 Å². The summed E-state index contributed by atoms with van der Waals surface area (Å²) < 4.78 is 4.76. The van der Waals surface area contributed by atoms with Crippen molar-refractivity contribution in [3.63, 3.8) is 0 Å². The lowest BCUT2D eigenvalue weighted by molar-refractivity contribution is 0.412. The average molecular weight is 241 g/mol. The fourth-order valence-electron chi connectivity index (χ4n) is 1.80. The Hall–Kier alpha value is -2.56. The van der Waals surface area contributed by atoms with E-state index in [2.05, 4.69) is 15.5 Å². The lowest BCUT2D eigenvalue weighted by Gasteiger charge is -2.07. The van der Waals surface area contributed by atoms with Gasteiger partial charge in [0, 0.05) is 17.6 Å². The first-order valence-electron chi connectivity index (χ1n) is 5.54. The van der Waals surface area contributed by atoms with Crippen LogP contribution < -0.4 is 5.32 Å². The van der Waals surface area contributed by atoms with Gasteiger partial charge in [0.05, 0.1) is 6.54 Å². The largest absolute Gasteiger partial charge is 0.508 e. The van der Waals surface area contributed by atoms with Crippen LogP contribution in [0.2, 0.25) is 0 Å². The molecule has 5 nitrogen and oxygen atoms in total. The van der Waals surface area contributed by atoms with E-state index in [1.807, 2.05) is 12.1 Å². The number of hydrogen-bond donors (Lipinski definition) is 2. The highest BCUT2D eigenvalue weighted by Crippen LogP contribution is 2.25. The third-order valence-electron chi connectivity index (χ3n) is 2.68. The minimum absolute atomic E-state index is 0.222. The number of nitrogens with one attached hydrogen (secondary N) is 1. The standard InChI is InChI=1S/C13H11N3O2/c17-11-2-1-9-3-5-14-13(12(9)7-11)15-8-10-4-6-18-16-10/h1-7,17H,8H2,(H,14,15). The second-order valence-corrected chi connectivity index (χ2v) is 3.91. The first-order chi connectivity index (χ1) is 8.83. The summed E-state index contributed by atoms with van der Waals surface area (Å²) in [5.74, 6) is 0.936. The molecule has 0 spiro atoms. The fraction of sp³-hybridized carbons (Fsp3) is 0.0769. The van der Waals surface area contributed by atoms with E-state index in [-0.39, 0.29) is 5.75 Å². The second-order valence-electron chi connectivity index (χ2n) is 3.91. The predicted octanol–water partition coefficient (Wildman–Crippen LogP) is 2.54. The Kier molecular flexibility index (Phi) is 2.57. The highest BCUT2D eigenvalue weighted by atomic mass is 16.5. The minimum Gasteiger partial charge on any atom is -0.508 e. The molecular weight excluding hydrogens is 230 g/mol. The average Bonchev–Trinajstić information content (AvgIpc) is 2.89. The highest BCUT2D eigenvalue weighted by Gasteiger charge is 2.04. The Labute approximate surface area is 103 Å². The number of anilines is 1. The molecule has 3 rings (SSSR count). The maximum atomic E-state index is 9.52. The minimum atomic E-state index is 0.222. The lowest BCUT2D eigenvalue weighted by Crippen LogP contribution is -2.01. The molecular formula is C13H11N3O2. The van der Waals surface area contributed by atoms with Gasteiger partial charge in [-0.2, -0.15) is 0 Å². The van der Waals surface area contributed by atoms with Gasteiger partial charge in [0.25, 0.3) is 0 Å². The summed E-state index contributed by atoms with van der Waals surface area (Å²) in [6.45, 7) is 0.526. The smallest absolute Gasteiger partial charge is 0.134 e. The van der Waals surface area contributed by atoms with Gasteiger partial charge in [-0.1, -0.05) is 11.2 Å². The molecule has 0 unspecified atom stereocenters. The number of phenols is 1. The Bertz CT molecular complexity index is 665. The van der Waals surface area contributed by atoms with Crippen LogP contribution in [0.5, 0.6) is 5.75 Å². The molecule has 0 radical (unpaired) electrons. The number of phenolic OH excluding ortho intramolecular Hbond substituents is 1. The van der Waals surface area contributed by atoms with Crippen LogP contribution >= 0.6 is 0 Å². The molecule has 0 saturated heterocycles. The Morgan fingerprint density at radius 1 is 1.22 bits per heavy atom. The Balaban J connectivity index is 1.93. The van der Waals surface area contributed by atoms with Gasteiger partial charge in [0.15, 0.2) is 0 Å². The summed E-state index contributed by atoms with van der Waals surface area (Å²) in [6.07, 6.45) is 3.25. The summed E-state index contributed by atoms with van der Waals surface area (Å²) in [6, 6.07) is 8.89. The van der Waals surface area contributed by atoms with Gasteiger partial charge in [-0.05, 0) is 23.6 Å². The number of fused-ring (bicyclic) bond motifs is 1. The van der Waals surface area contributed by atoms with Crippen molar-refractivity contribution in [1.82, 2.24) is 10.1 Å². The van der Waals surface area contributed by atoms with Crippen molar-refractivity contribution in [3.8, 4) is 5.75 Å². The van der Waals surface area contributed by atoms with Crippen molar-refractivity contribution in [3.05, 3.63) is 48.5 Å². The SMILES string of the molecule is Oc1ccc2ccnc(NCc3ccon3)c2c1. The van der Waals surface area contributed by atoms with Crippen molar-refractivity contribution in [2.24, 2.45) is 0 Å².